The van der Waals surface area contributed by atoms with Crippen molar-refractivity contribution < 1.29 is 14.7 Å². The summed E-state index contributed by atoms with van der Waals surface area (Å²) in [6.45, 7) is 5.01. The van der Waals surface area contributed by atoms with Gasteiger partial charge in [-0.2, -0.15) is 0 Å². The summed E-state index contributed by atoms with van der Waals surface area (Å²) in [6.07, 6.45) is 5.35. The summed E-state index contributed by atoms with van der Waals surface area (Å²) in [7, 11) is 0. The lowest BCUT2D eigenvalue weighted by Gasteiger charge is -2.25. The maximum Gasteiger partial charge on any atom is 0.345 e. The van der Waals surface area contributed by atoms with Crippen LogP contribution >= 0.6 is 11.3 Å². The molecule has 0 radical (unpaired) electrons. The number of likely N-dealkylation sites (tertiary alicyclic amines) is 1. The number of rotatable bonds is 8. The zero-order valence-corrected chi connectivity index (χ0v) is 16.8. The Morgan fingerprint density at radius 1 is 1.19 bits per heavy atom. The van der Waals surface area contributed by atoms with E-state index in [9.17, 15) is 9.59 Å². The molecular formula is C22H27NO3S. The minimum Gasteiger partial charge on any atom is -0.477 e. The van der Waals surface area contributed by atoms with Gasteiger partial charge in [0.15, 0.2) is 0 Å². The molecule has 2 heterocycles. The molecule has 1 aliphatic heterocycles. The van der Waals surface area contributed by atoms with Crippen molar-refractivity contribution in [1.29, 1.82) is 0 Å². The molecular weight excluding hydrogens is 358 g/mol. The summed E-state index contributed by atoms with van der Waals surface area (Å²) in [6, 6.07) is 10.5. The van der Waals surface area contributed by atoms with Gasteiger partial charge in [-0.05, 0) is 63.6 Å². The second-order valence-electron chi connectivity index (χ2n) is 7.49. The molecule has 0 saturated carbocycles. The fraction of sp³-hybridized carbons (Fsp3) is 0.455. The van der Waals surface area contributed by atoms with Crippen molar-refractivity contribution in [1.82, 2.24) is 4.90 Å². The summed E-state index contributed by atoms with van der Waals surface area (Å²) in [4.78, 5) is 26.9. The van der Waals surface area contributed by atoms with Crippen LogP contribution in [0.5, 0.6) is 0 Å². The number of amides is 1. The van der Waals surface area contributed by atoms with Crippen molar-refractivity contribution in [2.24, 2.45) is 0 Å². The molecule has 144 valence electrons. The molecule has 1 aromatic carbocycles. The van der Waals surface area contributed by atoms with E-state index in [-0.39, 0.29) is 5.91 Å². The van der Waals surface area contributed by atoms with Crippen LogP contribution in [-0.4, -0.2) is 34.5 Å². The molecule has 1 atom stereocenters. The molecule has 0 aliphatic carbocycles. The molecule has 27 heavy (non-hydrogen) atoms. The van der Waals surface area contributed by atoms with E-state index in [0.29, 0.717) is 17.3 Å². The highest BCUT2D eigenvalue weighted by atomic mass is 32.1. The maximum absolute atomic E-state index is 12.3. The molecule has 1 unspecified atom stereocenters. The molecule has 5 heteroatoms. The fourth-order valence-corrected chi connectivity index (χ4v) is 4.89. The average Bonchev–Trinajstić information content (AvgIpc) is 3.20. The molecule has 3 rings (SSSR count). The van der Waals surface area contributed by atoms with E-state index >= 15 is 0 Å². The Labute approximate surface area is 164 Å². The first-order chi connectivity index (χ1) is 12.9. The van der Waals surface area contributed by atoms with Crippen LogP contribution in [0.15, 0.2) is 30.3 Å². The van der Waals surface area contributed by atoms with Gasteiger partial charge in [-0.3, -0.25) is 4.79 Å². The molecule has 1 N–H and O–H groups in total. The molecule has 1 aliphatic rings. The molecule has 2 aromatic rings. The zero-order chi connectivity index (χ0) is 19.4. The quantitative estimate of drug-likeness (QED) is 0.721. The Morgan fingerprint density at radius 2 is 1.93 bits per heavy atom. The van der Waals surface area contributed by atoms with Crippen molar-refractivity contribution in [3.8, 4) is 0 Å². The van der Waals surface area contributed by atoms with Gasteiger partial charge in [-0.25, -0.2) is 4.79 Å². The van der Waals surface area contributed by atoms with E-state index in [4.69, 9.17) is 5.11 Å². The predicted molar refractivity (Wildman–Crippen MR) is 109 cm³/mol. The number of hydrogen-bond donors (Lipinski definition) is 1. The third kappa shape index (κ3) is 5.19. The highest BCUT2D eigenvalue weighted by molar-refractivity contribution is 7.13. The van der Waals surface area contributed by atoms with E-state index in [0.717, 1.165) is 43.5 Å². The van der Waals surface area contributed by atoms with Gasteiger partial charge >= 0.3 is 5.97 Å². The van der Waals surface area contributed by atoms with Gasteiger partial charge in [-0.15, -0.1) is 11.3 Å². The Hall–Kier alpha value is -2.14. The van der Waals surface area contributed by atoms with Crippen molar-refractivity contribution >= 4 is 23.2 Å². The van der Waals surface area contributed by atoms with E-state index in [1.807, 2.05) is 6.07 Å². The first-order valence-corrected chi connectivity index (χ1v) is 10.4. The molecule has 1 amide bonds. The number of carbonyl (C=O) groups excluding carboxylic acids is 1. The smallest absolute Gasteiger partial charge is 0.345 e. The average molecular weight is 386 g/mol. The number of benzene rings is 1. The van der Waals surface area contributed by atoms with Gasteiger partial charge < -0.3 is 10.0 Å². The molecule has 0 bridgehead atoms. The van der Waals surface area contributed by atoms with Crippen LogP contribution in [0.25, 0.3) is 0 Å². The summed E-state index contributed by atoms with van der Waals surface area (Å²) >= 11 is 1.35. The Bertz CT molecular complexity index is 806. The second-order valence-corrected chi connectivity index (χ2v) is 8.66. The van der Waals surface area contributed by atoms with Gasteiger partial charge in [0, 0.05) is 23.9 Å². The third-order valence-electron chi connectivity index (χ3n) is 5.21. The summed E-state index contributed by atoms with van der Waals surface area (Å²) < 4.78 is 0. The van der Waals surface area contributed by atoms with Crippen LogP contribution < -0.4 is 0 Å². The number of carbonyl (C=O) groups is 2. The van der Waals surface area contributed by atoms with Crippen molar-refractivity contribution in [3.05, 3.63) is 56.8 Å². The number of nitrogens with zero attached hydrogens (tertiary/aromatic N) is 1. The first-order valence-electron chi connectivity index (χ1n) is 9.61. The Balaban J connectivity index is 1.51. The fourth-order valence-electron chi connectivity index (χ4n) is 4.00. The van der Waals surface area contributed by atoms with Crippen LogP contribution in [0, 0.1) is 13.8 Å². The number of carboxylic acid groups (broad SMARTS) is 1. The van der Waals surface area contributed by atoms with Gasteiger partial charge in [0.1, 0.15) is 4.88 Å². The highest BCUT2D eigenvalue weighted by Crippen LogP contribution is 2.25. The van der Waals surface area contributed by atoms with Crippen LogP contribution in [0.2, 0.25) is 0 Å². The van der Waals surface area contributed by atoms with E-state index in [1.165, 1.54) is 28.0 Å². The number of aryl methyl sites for hydroxylation is 3. The minimum atomic E-state index is -0.856. The highest BCUT2D eigenvalue weighted by Gasteiger charge is 2.29. The van der Waals surface area contributed by atoms with Gasteiger partial charge in [-0.1, -0.05) is 29.3 Å². The Morgan fingerprint density at radius 3 is 2.59 bits per heavy atom. The van der Waals surface area contributed by atoms with Crippen LogP contribution in [0.1, 0.15) is 56.9 Å². The van der Waals surface area contributed by atoms with Crippen LogP contribution in [0.4, 0.5) is 0 Å². The molecule has 0 spiro atoms. The van der Waals surface area contributed by atoms with Gasteiger partial charge in [0.2, 0.25) is 5.91 Å². The van der Waals surface area contributed by atoms with Crippen molar-refractivity contribution in [2.45, 2.75) is 58.4 Å². The monoisotopic (exact) mass is 385 g/mol. The third-order valence-corrected chi connectivity index (χ3v) is 6.34. The lowest BCUT2D eigenvalue weighted by atomic mass is 10.0. The summed E-state index contributed by atoms with van der Waals surface area (Å²) in [5, 5.41) is 9.01. The van der Waals surface area contributed by atoms with Gasteiger partial charge in [0.25, 0.3) is 0 Å². The largest absolute Gasteiger partial charge is 0.477 e. The van der Waals surface area contributed by atoms with Crippen molar-refractivity contribution in [3.63, 3.8) is 0 Å². The maximum atomic E-state index is 12.3. The molecule has 1 aromatic heterocycles. The number of aromatic carboxylic acids is 1. The normalized spacial score (nSPS) is 16.9. The SMILES string of the molecule is Cc1cc(C)cc(CCN2C(=O)CCC2CCCc2ccc(C(=O)O)s2)c1. The topological polar surface area (TPSA) is 57.6 Å². The number of hydrogen-bond acceptors (Lipinski definition) is 3. The minimum absolute atomic E-state index is 0.272. The van der Waals surface area contributed by atoms with E-state index in [2.05, 4.69) is 36.9 Å². The number of thiophene rings is 1. The second kappa shape index (κ2) is 8.70. The lowest BCUT2D eigenvalue weighted by Crippen LogP contribution is -2.34. The lowest BCUT2D eigenvalue weighted by molar-refractivity contribution is -0.129. The molecule has 4 nitrogen and oxygen atoms in total. The Kier molecular flexibility index (Phi) is 6.32. The summed E-state index contributed by atoms with van der Waals surface area (Å²) in [5.41, 5.74) is 3.84. The van der Waals surface area contributed by atoms with Crippen LogP contribution in [-0.2, 0) is 17.6 Å². The molecule has 1 saturated heterocycles. The number of carboxylic acids is 1. The standard InChI is InChI=1S/C22H27NO3S/c1-15-12-16(2)14-17(13-15)10-11-23-18(6-9-21(23)24)4-3-5-19-7-8-20(27-19)22(25)26/h7-8,12-14,18H,3-6,9-11H2,1-2H3,(H,25,26). The van der Waals surface area contributed by atoms with Gasteiger partial charge in [0.05, 0.1) is 0 Å². The predicted octanol–water partition coefficient (Wildman–Crippen LogP) is 4.62. The van der Waals surface area contributed by atoms with Crippen LogP contribution in [0.3, 0.4) is 0 Å². The summed E-state index contributed by atoms with van der Waals surface area (Å²) in [5.74, 6) is -0.584. The first kappa shape index (κ1) is 19.6. The van der Waals surface area contributed by atoms with E-state index < -0.39 is 5.97 Å². The van der Waals surface area contributed by atoms with E-state index in [1.54, 1.807) is 6.07 Å². The van der Waals surface area contributed by atoms with Crippen molar-refractivity contribution in [2.75, 3.05) is 6.54 Å². The molecule has 1 fully saturated rings. The zero-order valence-electron chi connectivity index (χ0n) is 16.0.